The highest BCUT2D eigenvalue weighted by Crippen LogP contribution is 1.96. The molecule has 58 valence electrons. The monoisotopic (exact) mass is 179 g/mol. The molecule has 3 heteroatoms. The minimum absolute atomic E-state index is 0.00644. The summed E-state index contributed by atoms with van der Waals surface area (Å²) < 4.78 is 4.34. The Balaban J connectivity index is 2.45. The van der Waals surface area contributed by atoms with E-state index in [9.17, 15) is 0 Å². The van der Waals surface area contributed by atoms with Crippen LogP contribution in [0, 0.1) is 0 Å². The van der Waals surface area contributed by atoms with E-state index < -0.39 is 0 Å². The molecule has 0 atom stereocenters. The fourth-order valence-corrected chi connectivity index (χ4v) is 2.08. The first-order valence-electron chi connectivity index (χ1n) is 3.95. The zero-order chi connectivity index (χ0) is 7.94. The van der Waals surface area contributed by atoms with E-state index in [0.29, 0.717) is 0 Å². The maximum atomic E-state index is 4.34. The molecule has 0 saturated heterocycles. The van der Waals surface area contributed by atoms with Crippen molar-refractivity contribution in [1.82, 2.24) is 0 Å². The number of nitrogens with zero attached hydrogens (tertiary/aromatic N) is 1. The first-order valence-corrected chi connectivity index (χ1v) is 10.2. The molecule has 0 spiro atoms. The second-order valence-electron chi connectivity index (χ2n) is 2.37. The highest BCUT2D eigenvalue weighted by Gasteiger charge is 1.84. The van der Waals surface area contributed by atoms with Crippen LogP contribution in [0.15, 0.2) is 35.0 Å². The maximum Gasteiger partial charge on any atom is 0.129 e. The largest absolute Gasteiger partial charge is 0.345 e. The summed E-state index contributed by atoms with van der Waals surface area (Å²) in [5.41, 5.74) is 1.36. The molecule has 1 rings (SSSR count). The normalized spacial score (nSPS) is 12.0. The fourth-order valence-electron chi connectivity index (χ4n) is 0.913. The fraction of sp³-hybridized carbons (Fsp3) is 0.125. The van der Waals surface area contributed by atoms with Crippen LogP contribution in [0.25, 0.3) is 0 Å². The molecule has 0 aliphatic heterocycles. The Morgan fingerprint density at radius 2 is 2.09 bits per heavy atom. The Labute approximate surface area is 72.7 Å². The van der Waals surface area contributed by atoms with Gasteiger partial charge in [0.1, 0.15) is 9.20 Å². The quantitative estimate of drug-likeness (QED) is 0.445. The van der Waals surface area contributed by atoms with Crippen molar-refractivity contribution in [3.8, 4) is 0 Å². The molecule has 1 aromatic rings. The van der Waals surface area contributed by atoms with E-state index in [1.54, 1.807) is 0 Å². The SMILES string of the molecule is [SiH3][SiH2]N=CCc1ccccc1. The van der Waals surface area contributed by atoms with Crippen molar-refractivity contribution in [2.45, 2.75) is 6.42 Å². The van der Waals surface area contributed by atoms with Crippen molar-refractivity contribution in [3.05, 3.63) is 35.9 Å². The van der Waals surface area contributed by atoms with Crippen LogP contribution in [0.5, 0.6) is 0 Å². The van der Waals surface area contributed by atoms with Crippen molar-refractivity contribution in [2.75, 3.05) is 0 Å². The summed E-state index contributed by atoms with van der Waals surface area (Å²) in [7, 11) is 1.31. The summed E-state index contributed by atoms with van der Waals surface area (Å²) in [5.74, 6) is 0. The van der Waals surface area contributed by atoms with Gasteiger partial charge in [-0.3, -0.25) is 0 Å². The Hall–Kier alpha value is -0.676. The van der Waals surface area contributed by atoms with Gasteiger partial charge in [-0.05, 0) is 11.8 Å². The molecule has 0 aliphatic carbocycles. The molecule has 0 fully saturated rings. The molecule has 0 bridgehead atoms. The Morgan fingerprint density at radius 1 is 1.36 bits per heavy atom. The third-order valence-corrected chi connectivity index (χ3v) is 3.20. The van der Waals surface area contributed by atoms with Gasteiger partial charge in [0.2, 0.25) is 0 Å². The molecular formula is C8H13NSi2. The van der Waals surface area contributed by atoms with Crippen LogP contribution in [0.1, 0.15) is 5.56 Å². The third-order valence-electron chi connectivity index (χ3n) is 1.48. The third kappa shape index (κ3) is 3.29. The van der Waals surface area contributed by atoms with Crippen molar-refractivity contribution in [3.63, 3.8) is 0 Å². The summed E-state index contributed by atoms with van der Waals surface area (Å²) >= 11 is 0. The van der Waals surface area contributed by atoms with Crippen molar-refractivity contribution in [1.29, 1.82) is 0 Å². The van der Waals surface area contributed by atoms with Crippen LogP contribution in [0.2, 0.25) is 0 Å². The second-order valence-corrected chi connectivity index (χ2v) is 5.27. The predicted octanol–water partition coefficient (Wildman–Crippen LogP) is -0.336. The van der Waals surface area contributed by atoms with Crippen LogP contribution in [0.4, 0.5) is 0 Å². The molecule has 0 saturated carbocycles. The highest BCUT2D eigenvalue weighted by atomic mass is 29.1. The molecule has 0 N–H and O–H groups in total. The van der Waals surface area contributed by atoms with E-state index in [0.717, 1.165) is 6.42 Å². The van der Waals surface area contributed by atoms with Gasteiger partial charge in [-0.15, -0.1) is 0 Å². The molecule has 0 heterocycles. The lowest BCUT2D eigenvalue weighted by molar-refractivity contribution is 1.36. The summed E-state index contributed by atoms with van der Waals surface area (Å²) in [6.07, 6.45) is 3.07. The van der Waals surface area contributed by atoms with Crippen molar-refractivity contribution < 1.29 is 0 Å². The van der Waals surface area contributed by atoms with Gasteiger partial charge in [0, 0.05) is 16.2 Å². The van der Waals surface area contributed by atoms with Gasteiger partial charge >= 0.3 is 0 Å². The summed E-state index contributed by atoms with van der Waals surface area (Å²) in [6.45, 7) is 0. The van der Waals surface area contributed by atoms with E-state index in [4.69, 9.17) is 0 Å². The van der Waals surface area contributed by atoms with Gasteiger partial charge in [0.05, 0.1) is 0 Å². The van der Waals surface area contributed by atoms with Crippen molar-refractivity contribution >= 4 is 25.2 Å². The van der Waals surface area contributed by atoms with Gasteiger partial charge < -0.3 is 4.66 Å². The average molecular weight is 179 g/mol. The summed E-state index contributed by atoms with van der Waals surface area (Å²) in [4.78, 5) is 0. The van der Waals surface area contributed by atoms with E-state index in [1.165, 1.54) is 15.3 Å². The minimum atomic E-state index is 0.00644. The molecule has 1 aromatic carbocycles. The molecule has 0 radical (unpaired) electrons. The predicted molar refractivity (Wildman–Crippen MR) is 57.1 cm³/mol. The van der Waals surface area contributed by atoms with Gasteiger partial charge in [-0.2, -0.15) is 0 Å². The van der Waals surface area contributed by atoms with Crippen LogP contribution in [0.3, 0.4) is 0 Å². The second kappa shape index (κ2) is 5.04. The lowest BCUT2D eigenvalue weighted by atomic mass is 10.2. The maximum absolute atomic E-state index is 4.34. The molecule has 0 aliphatic rings. The number of rotatable bonds is 3. The van der Waals surface area contributed by atoms with Gasteiger partial charge in [-0.1, -0.05) is 30.3 Å². The Bertz CT molecular complexity index is 221. The lowest BCUT2D eigenvalue weighted by Gasteiger charge is -1.92. The highest BCUT2D eigenvalue weighted by molar-refractivity contribution is 6.88. The summed E-state index contributed by atoms with van der Waals surface area (Å²) in [6, 6.07) is 10.5. The molecule has 11 heavy (non-hydrogen) atoms. The number of benzene rings is 1. The van der Waals surface area contributed by atoms with Gasteiger partial charge in [-0.25, -0.2) is 0 Å². The smallest absolute Gasteiger partial charge is 0.129 e. The van der Waals surface area contributed by atoms with E-state index in [-0.39, 0.29) is 9.20 Å². The van der Waals surface area contributed by atoms with Crippen LogP contribution in [-0.4, -0.2) is 25.2 Å². The van der Waals surface area contributed by atoms with Crippen LogP contribution in [-0.2, 0) is 6.42 Å². The standard InChI is InChI=1S/C8H13NSi2/c10-11-9-7-6-8-4-2-1-3-5-8/h1-5,7H,6,11H2,10H3. The molecule has 0 amide bonds. The summed E-state index contributed by atoms with van der Waals surface area (Å²) in [5, 5.41) is 0. The number of hydrogen-bond acceptors (Lipinski definition) is 1. The molecular weight excluding hydrogens is 166 g/mol. The Morgan fingerprint density at radius 3 is 2.73 bits per heavy atom. The van der Waals surface area contributed by atoms with E-state index in [2.05, 4.69) is 35.1 Å². The average Bonchev–Trinajstić information content (AvgIpc) is 2.07. The molecule has 0 aromatic heterocycles. The van der Waals surface area contributed by atoms with Gasteiger partial charge in [0.25, 0.3) is 0 Å². The molecule has 0 unspecified atom stereocenters. The Kier molecular flexibility index (Phi) is 3.86. The topological polar surface area (TPSA) is 12.4 Å². The lowest BCUT2D eigenvalue weighted by Crippen LogP contribution is -1.88. The van der Waals surface area contributed by atoms with Gasteiger partial charge in [0.15, 0.2) is 0 Å². The molecule has 1 nitrogen and oxygen atoms in total. The van der Waals surface area contributed by atoms with Crippen LogP contribution >= 0.6 is 0 Å². The van der Waals surface area contributed by atoms with Crippen molar-refractivity contribution in [2.24, 2.45) is 4.66 Å². The van der Waals surface area contributed by atoms with E-state index >= 15 is 0 Å². The minimum Gasteiger partial charge on any atom is -0.345 e. The first-order chi connectivity index (χ1) is 5.43. The first kappa shape index (κ1) is 8.42. The zero-order valence-corrected chi connectivity index (χ0v) is 10.2. The van der Waals surface area contributed by atoms with Crippen LogP contribution < -0.4 is 0 Å². The zero-order valence-electron chi connectivity index (χ0n) is 6.83. The number of hydrogen-bond donors (Lipinski definition) is 0. The van der Waals surface area contributed by atoms with E-state index in [1.807, 2.05) is 6.07 Å².